The van der Waals surface area contributed by atoms with Crippen molar-refractivity contribution in [2.75, 3.05) is 4.81 Å². The Kier molecular flexibility index (Phi) is 5.00. The van der Waals surface area contributed by atoms with Crippen molar-refractivity contribution >= 4 is 35.9 Å². The number of anilines is 1. The van der Waals surface area contributed by atoms with Gasteiger partial charge in [-0.3, -0.25) is 4.81 Å². The molecule has 0 fully saturated rings. The first kappa shape index (κ1) is 20.7. The second-order valence-corrected chi connectivity index (χ2v) is 9.49. The monoisotopic (exact) mass is 424 g/mol. The third-order valence-electron chi connectivity index (χ3n) is 6.55. The molecule has 0 radical (unpaired) electrons. The zero-order valence-electron chi connectivity index (χ0n) is 19.8. The first-order chi connectivity index (χ1) is 15.4. The summed E-state index contributed by atoms with van der Waals surface area (Å²) in [5, 5.41) is 2.30. The lowest BCUT2D eigenvalue weighted by Gasteiger charge is -2.23. The van der Waals surface area contributed by atoms with E-state index in [0.717, 1.165) is 27.6 Å². The van der Waals surface area contributed by atoms with Crippen molar-refractivity contribution in [3.63, 3.8) is 0 Å². The fourth-order valence-electron chi connectivity index (χ4n) is 4.88. The van der Waals surface area contributed by atoms with Crippen LogP contribution in [0.3, 0.4) is 0 Å². The minimum absolute atomic E-state index is 0.164. The molecule has 0 N–H and O–H groups in total. The number of hydrogen-bond donors (Lipinski definition) is 0. The Balaban J connectivity index is 1.77. The molecule has 5 heteroatoms. The normalized spacial score (nSPS) is 13.6. The van der Waals surface area contributed by atoms with Gasteiger partial charge in [-0.25, -0.2) is 9.13 Å². The van der Waals surface area contributed by atoms with Gasteiger partial charge in [0.05, 0.1) is 24.7 Å². The van der Waals surface area contributed by atoms with Crippen LogP contribution in [0.15, 0.2) is 59.3 Å². The van der Waals surface area contributed by atoms with Gasteiger partial charge in [-0.05, 0) is 41.8 Å². The summed E-state index contributed by atoms with van der Waals surface area (Å²) >= 11 is 0. The number of benzene rings is 2. The van der Waals surface area contributed by atoms with Crippen LogP contribution in [-0.2, 0) is 7.05 Å². The van der Waals surface area contributed by atoms with Crippen LogP contribution in [0.4, 0.5) is 5.95 Å². The first-order valence-electron chi connectivity index (χ1n) is 11.6. The summed E-state index contributed by atoms with van der Waals surface area (Å²) in [5.74, 6) is 4.23. The minimum Gasteiger partial charge on any atom is -0.457 e. The van der Waals surface area contributed by atoms with E-state index in [1.54, 1.807) is 0 Å². The molecule has 0 bridgehead atoms. The second kappa shape index (κ2) is 7.73. The first-order valence-corrected chi connectivity index (χ1v) is 11.6. The highest BCUT2D eigenvalue weighted by molar-refractivity contribution is 6.76. The molecule has 0 atom stereocenters. The number of aryl methyl sites for hydroxylation is 1. The molecule has 0 amide bonds. The summed E-state index contributed by atoms with van der Waals surface area (Å²) in [5.41, 5.74) is 5.94. The van der Waals surface area contributed by atoms with E-state index in [1.165, 1.54) is 16.8 Å². The maximum absolute atomic E-state index is 6.15. The maximum Gasteiger partial charge on any atom is 0.369 e. The number of aromatic nitrogens is 2. The van der Waals surface area contributed by atoms with Crippen molar-refractivity contribution in [3.8, 4) is 5.69 Å². The minimum atomic E-state index is 0.164. The predicted molar refractivity (Wildman–Crippen MR) is 134 cm³/mol. The van der Waals surface area contributed by atoms with Crippen LogP contribution in [0.2, 0.25) is 6.82 Å². The van der Waals surface area contributed by atoms with Gasteiger partial charge in [-0.1, -0.05) is 64.1 Å². The zero-order valence-corrected chi connectivity index (χ0v) is 19.8. The van der Waals surface area contributed by atoms with E-state index in [-0.39, 0.29) is 6.85 Å². The highest BCUT2D eigenvalue weighted by Gasteiger charge is 2.33. The smallest absolute Gasteiger partial charge is 0.369 e. The quantitative estimate of drug-likeness (QED) is 0.356. The molecular formula is C27H31BN3O+. The number of nitrogens with zero attached hydrogens (tertiary/aromatic N) is 3. The molecule has 1 aliphatic rings. The van der Waals surface area contributed by atoms with E-state index in [4.69, 9.17) is 4.42 Å². The van der Waals surface area contributed by atoms with Crippen molar-refractivity contribution in [2.45, 2.75) is 46.4 Å². The van der Waals surface area contributed by atoms with Crippen molar-refractivity contribution in [3.05, 3.63) is 76.6 Å². The lowest BCUT2D eigenvalue weighted by atomic mass is 9.62. The molecule has 32 heavy (non-hydrogen) atoms. The predicted octanol–water partition coefficient (Wildman–Crippen LogP) is 4.49. The molecule has 2 aromatic heterocycles. The Hall–Kier alpha value is -3.21. The zero-order chi connectivity index (χ0) is 22.6. The van der Waals surface area contributed by atoms with Crippen LogP contribution in [0, 0.1) is 0 Å². The standard InChI is InChI=1S/C27H31BN3O/c1-18(2)20-11-9-12-21(19(3)4)26(20)30-15-14-29(6)27(30)31-17-23-22-10-7-8-13-24(22)32-25(23)16-28(31)5/h7-19H,1-6H3/q+1. The Labute approximate surface area is 190 Å². The molecule has 0 unspecified atom stereocenters. The van der Waals surface area contributed by atoms with E-state index < -0.39 is 0 Å². The SMILES string of the molecule is CB1C=c2oc3ccccc3c2=CN1c1n(-c2c(C(C)C)cccc2C(C)C)cc[n+]1C. The van der Waals surface area contributed by atoms with E-state index in [1.807, 2.05) is 12.1 Å². The summed E-state index contributed by atoms with van der Waals surface area (Å²) in [4.78, 5) is 2.37. The number of fused-ring (bicyclic) bond motifs is 3. The molecular weight excluding hydrogens is 393 g/mol. The molecule has 5 rings (SSSR count). The molecule has 0 saturated carbocycles. The van der Waals surface area contributed by atoms with E-state index in [0.29, 0.717) is 11.8 Å². The number of para-hydroxylation sites is 2. The summed E-state index contributed by atoms with van der Waals surface area (Å²) in [6, 6.07) is 15.0. The Morgan fingerprint density at radius 3 is 2.31 bits per heavy atom. The van der Waals surface area contributed by atoms with Gasteiger partial charge in [0.15, 0.2) is 0 Å². The molecule has 0 aliphatic carbocycles. The summed E-state index contributed by atoms with van der Waals surface area (Å²) in [6.07, 6.45) is 6.61. The van der Waals surface area contributed by atoms with E-state index >= 15 is 0 Å². The van der Waals surface area contributed by atoms with Crippen molar-refractivity contribution < 1.29 is 8.98 Å². The highest BCUT2D eigenvalue weighted by atomic mass is 16.3. The number of hydrogen-bond acceptors (Lipinski definition) is 2. The molecule has 2 aromatic carbocycles. The Morgan fingerprint density at radius 1 is 0.938 bits per heavy atom. The molecule has 0 spiro atoms. The van der Waals surface area contributed by atoms with Crippen LogP contribution >= 0.6 is 0 Å². The Bertz CT molecular complexity index is 1400. The number of furan rings is 1. The van der Waals surface area contributed by atoms with Crippen molar-refractivity contribution in [1.82, 2.24) is 4.57 Å². The van der Waals surface area contributed by atoms with Crippen LogP contribution < -0.4 is 20.0 Å². The average molecular weight is 424 g/mol. The van der Waals surface area contributed by atoms with Gasteiger partial charge in [-0.2, -0.15) is 0 Å². The third kappa shape index (κ3) is 3.19. The van der Waals surface area contributed by atoms with Gasteiger partial charge in [0.1, 0.15) is 22.9 Å². The fourth-order valence-corrected chi connectivity index (χ4v) is 4.88. The van der Waals surface area contributed by atoms with Gasteiger partial charge in [0, 0.05) is 5.39 Å². The van der Waals surface area contributed by atoms with Crippen LogP contribution in [0.1, 0.15) is 50.7 Å². The fraction of sp³-hybridized carbons (Fsp3) is 0.296. The largest absolute Gasteiger partial charge is 0.457 e. The number of imidazole rings is 1. The van der Waals surface area contributed by atoms with Crippen LogP contribution in [0.25, 0.3) is 28.8 Å². The van der Waals surface area contributed by atoms with Crippen LogP contribution in [-0.4, -0.2) is 11.4 Å². The van der Waals surface area contributed by atoms with Crippen LogP contribution in [0.5, 0.6) is 0 Å². The third-order valence-corrected chi connectivity index (χ3v) is 6.55. The van der Waals surface area contributed by atoms with Crippen molar-refractivity contribution in [2.24, 2.45) is 7.05 Å². The highest BCUT2D eigenvalue weighted by Crippen LogP contribution is 2.33. The number of rotatable bonds is 4. The molecule has 0 saturated heterocycles. The summed E-state index contributed by atoms with van der Waals surface area (Å²) < 4.78 is 10.7. The lowest BCUT2D eigenvalue weighted by molar-refractivity contribution is -0.656. The molecule has 162 valence electrons. The maximum atomic E-state index is 6.15. The van der Waals surface area contributed by atoms with Gasteiger partial charge >= 0.3 is 12.8 Å². The van der Waals surface area contributed by atoms with E-state index in [9.17, 15) is 0 Å². The summed E-state index contributed by atoms with van der Waals surface area (Å²) in [6.45, 7) is 11.5. The Morgan fingerprint density at radius 2 is 1.62 bits per heavy atom. The van der Waals surface area contributed by atoms with Gasteiger partial charge < -0.3 is 4.42 Å². The van der Waals surface area contributed by atoms with E-state index in [2.05, 4.69) is 110 Å². The second-order valence-electron chi connectivity index (χ2n) is 9.49. The van der Waals surface area contributed by atoms with Crippen molar-refractivity contribution in [1.29, 1.82) is 0 Å². The molecule has 4 aromatic rings. The van der Waals surface area contributed by atoms with Gasteiger partial charge in [0.25, 0.3) is 0 Å². The molecule has 4 nitrogen and oxygen atoms in total. The summed E-state index contributed by atoms with van der Waals surface area (Å²) in [7, 11) is 2.13. The average Bonchev–Trinajstić information content (AvgIpc) is 3.32. The molecule has 3 heterocycles. The lowest BCUT2D eigenvalue weighted by Crippen LogP contribution is -2.47. The van der Waals surface area contributed by atoms with Gasteiger partial charge in [0.2, 0.25) is 0 Å². The topological polar surface area (TPSA) is 25.2 Å². The van der Waals surface area contributed by atoms with Gasteiger partial charge in [-0.15, -0.1) is 0 Å². The molecule has 1 aliphatic heterocycles.